The zero-order valence-corrected chi connectivity index (χ0v) is 20.8. The van der Waals surface area contributed by atoms with Crippen LogP contribution in [0.25, 0.3) is 12.2 Å². The lowest BCUT2D eigenvalue weighted by Crippen LogP contribution is -2.40. The maximum atomic E-state index is 13.6. The number of methoxy groups -OCH3 is 2. The minimum atomic E-state index is -0.782. The molecule has 0 fully saturated rings. The van der Waals surface area contributed by atoms with E-state index in [-0.39, 0.29) is 17.7 Å². The Hall–Kier alpha value is -3.91. The fraction of sp³-hybridized carbons (Fsp3) is 0.222. The number of esters is 1. The first-order valence-electron chi connectivity index (χ1n) is 11.1. The van der Waals surface area contributed by atoms with Crippen molar-refractivity contribution in [1.29, 1.82) is 0 Å². The quantitative estimate of drug-likeness (QED) is 0.474. The molecule has 2 aromatic carbocycles. The monoisotopic (exact) mass is 490 g/mol. The van der Waals surface area contributed by atoms with Crippen molar-refractivity contribution in [1.82, 2.24) is 4.57 Å². The van der Waals surface area contributed by atoms with Crippen LogP contribution in [-0.4, -0.2) is 31.4 Å². The molecule has 2 heterocycles. The maximum absolute atomic E-state index is 13.6. The van der Waals surface area contributed by atoms with Crippen molar-refractivity contribution in [3.63, 3.8) is 0 Å². The molecule has 1 atom stereocenters. The zero-order chi connectivity index (χ0) is 24.9. The second kappa shape index (κ2) is 10.6. The van der Waals surface area contributed by atoms with Crippen LogP contribution in [0.1, 0.15) is 31.0 Å². The number of benzene rings is 2. The lowest BCUT2D eigenvalue weighted by atomic mass is 9.94. The molecule has 0 spiro atoms. The Morgan fingerprint density at radius 1 is 1.11 bits per heavy atom. The molecule has 4 rings (SSSR count). The molecule has 7 nitrogen and oxygen atoms in total. The molecule has 0 radical (unpaired) electrons. The van der Waals surface area contributed by atoms with Gasteiger partial charge in [0.15, 0.2) is 16.3 Å². The maximum Gasteiger partial charge on any atom is 0.338 e. The van der Waals surface area contributed by atoms with Gasteiger partial charge in [0, 0.05) is 5.56 Å². The Bertz CT molecular complexity index is 1480. The van der Waals surface area contributed by atoms with Gasteiger partial charge in [-0.25, -0.2) is 9.79 Å². The number of carbonyl (C=O) groups excluding carboxylic acids is 1. The molecule has 0 unspecified atom stereocenters. The highest BCUT2D eigenvalue weighted by atomic mass is 32.1. The minimum Gasteiger partial charge on any atom is -0.493 e. The summed E-state index contributed by atoms with van der Waals surface area (Å²) >= 11 is 1.27. The molecule has 3 aromatic rings. The second-order valence-corrected chi connectivity index (χ2v) is 8.69. The Balaban J connectivity index is 1.93. The number of nitrogens with zero attached hydrogens (tertiary/aromatic N) is 2. The number of carbonyl (C=O) groups is 1. The molecule has 0 aliphatic carbocycles. The molecule has 1 aliphatic heterocycles. The molecule has 180 valence electrons. The highest BCUT2D eigenvalue weighted by molar-refractivity contribution is 7.07. The molecule has 1 aromatic heterocycles. The van der Waals surface area contributed by atoms with E-state index in [4.69, 9.17) is 14.2 Å². The summed E-state index contributed by atoms with van der Waals surface area (Å²) in [5.74, 6) is 0.410. The molecule has 1 aliphatic rings. The summed E-state index contributed by atoms with van der Waals surface area (Å²) in [6, 6.07) is 14.4. The summed E-state index contributed by atoms with van der Waals surface area (Å²) in [4.78, 5) is 31.8. The van der Waals surface area contributed by atoms with Crippen LogP contribution in [0.3, 0.4) is 0 Å². The SMILES string of the molecule is CCOC(=O)C1=C(C)N=c2s/c(=C\C=C\c3ccccc3)c(=O)n2[C@H]1c1cccc(OC)c1OC. The smallest absolute Gasteiger partial charge is 0.338 e. The van der Waals surface area contributed by atoms with Gasteiger partial charge < -0.3 is 14.2 Å². The molecular weight excluding hydrogens is 464 g/mol. The van der Waals surface area contributed by atoms with Crippen LogP contribution in [0, 0.1) is 0 Å². The lowest BCUT2D eigenvalue weighted by molar-refractivity contribution is -0.139. The molecule has 35 heavy (non-hydrogen) atoms. The Morgan fingerprint density at radius 3 is 2.57 bits per heavy atom. The summed E-state index contributed by atoms with van der Waals surface area (Å²) in [5, 5.41) is 0. The van der Waals surface area contributed by atoms with E-state index in [1.54, 1.807) is 39.2 Å². The van der Waals surface area contributed by atoms with Gasteiger partial charge in [0.1, 0.15) is 6.04 Å². The van der Waals surface area contributed by atoms with E-state index in [1.807, 2.05) is 48.6 Å². The van der Waals surface area contributed by atoms with Crippen molar-refractivity contribution in [3.05, 3.63) is 96.7 Å². The molecule has 8 heteroatoms. The van der Waals surface area contributed by atoms with Gasteiger partial charge in [0.2, 0.25) is 0 Å². The van der Waals surface area contributed by atoms with Crippen molar-refractivity contribution in [2.45, 2.75) is 19.9 Å². The molecule has 0 saturated carbocycles. The highest BCUT2D eigenvalue weighted by Gasteiger charge is 2.35. The van der Waals surface area contributed by atoms with Crippen LogP contribution in [0.15, 0.2) is 75.7 Å². The van der Waals surface area contributed by atoms with Gasteiger partial charge in [-0.3, -0.25) is 9.36 Å². The van der Waals surface area contributed by atoms with E-state index in [0.717, 1.165) is 5.56 Å². The van der Waals surface area contributed by atoms with Crippen LogP contribution in [0.4, 0.5) is 0 Å². The van der Waals surface area contributed by atoms with Crippen LogP contribution in [0.2, 0.25) is 0 Å². The number of allylic oxidation sites excluding steroid dienone is 2. The molecule has 0 amide bonds. The van der Waals surface area contributed by atoms with Crippen LogP contribution in [-0.2, 0) is 9.53 Å². The van der Waals surface area contributed by atoms with E-state index in [2.05, 4.69) is 4.99 Å². The van der Waals surface area contributed by atoms with E-state index < -0.39 is 12.0 Å². The highest BCUT2D eigenvalue weighted by Crippen LogP contribution is 2.40. The summed E-state index contributed by atoms with van der Waals surface area (Å²) in [7, 11) is 3.07. The number of thiazole rings is 1. The van der Waals surface area contributed by atoms with Gasteiger partial charge in [-0.15, -0.1) is 0 Å². The van der Waals surface area contributed by atoms with Gasteiger partial charge in [-0.05, 0) is 31.6 Å². The molecular formula is C27H26N2O5S. The van der Waals surface area contributed by atoms with E-state index in [1.165, 1.54) is 23.0 Å². The first kappa shape index (κ1) is 24.2. The van der Waals surface area contributed by atoms with Crippen molar-refractivity contribution in [3.8, 4) is 11.5 Å². The normalized spacial score (nSPS) is 15.7. The van der Waals surface area contributed by atoms with Crippen molar-refractivity contribution < 1.29 is 19.0 Å². The topological polar surface area (TPSA) is 79.1 Å². The standard InChI is InChI=1S/C27H26N2O5S/c1-5-34-26(31)22-17(2)28-27-29(23(22)19-14-10-15-20(32-3)24(19)33-4)25(30)21(35-27)16-9-13-18-11-7-6-8-12-18/h6-16,23H,5H2,1-4H3/b13-9+,21-16-/t23-/m0/s1. The first-order valence-corrected chi connectivity index (χ1v) is 11.9. The average molecular weight is 491 g/mol. The minimum absolute atomic E-state index is 0.201. The summed E-state index contributed by atoms with van der Waals surface area (Å²) < 4.78 is 18.5. The Morgan fingerprint density at radius 2 is 1.89 bits per heavy atom. The van der Waals surface area contributed by atoms with Crippen molar-refractivity contribution in [2.75, 3.05) is 20.8 Å². The van der Waals surface area contributed by atoms with E-state index >= 15 is 0 Å². The number of para-hydroxylation sites is 1. The van der Waals surface area contributed by atoms with E-state index in [0.29, 0.717) is 32.1 Å². The number of hydrogen-bond acceptors (Lipinski definition) is 7. The van der Waals surface area contributed by atoms with Gasteiger partial charge >= 0.3 is 5.97 Å². The fourth-order valence-corrected chi connectivity index (χ4v) is 5.04. The summed E-state index contributed by atoms with van der Waals surface area (Å²) in [5.41, 5.74) is 2.16. The predicted octanol–water partition coefficient (Wildman–Crippen LogP) is 3.48. The molecule has 0 bridgehead atoms. The third-order valence-corrected chi connectivity index (χ3v) is 6.58. The van der Waals surface area contributed by atoms with Crippen molar-refractivity contribution >= 4 is 29.5 Å². The van der Waals surface area contributed by atoms with Crippen LogP contribution < -0.4 is 24.4 Å². The number of rotatable bonds is 7. The van der Waals surface area contributed by atoms with Gasteiger partial charge in [0.25, 0.3) is 5.56 Å². The van der Waals surface area contributed by atoms with Gasteiger partial charge in [-0.1, -0.05) is 66.0 Å². The van der Waals surface area contributed by atoms with Crippen molar-refractivity contribution in [2.24, 2.45) is 4.99 Å². The Labute approximate surface area is 206 Å². The van der Waals surface area contributed by atoms with Gasteiger partial charge in [-0.2, -0.15) is 0 Å². The third-order valence-electron chi connectivity index (χ3n) is 5.58. The van der Waals surface area contributed by atoms with Gasteiger partial charge in [0.05, 0.1) is 36.6 Å². The second-order valence-electron chi connectivity index (χ2n) is 7.68. The third kappa shape index (κ3) is 4.70. The molecule has 0 N–H and O–H groups in total. The van der Waals surface area contributed by atoms with Crippen LogP contribution in [0.5, 0.6) is 11.5 Å². The number of aromatic nitrogens is 1. The predicted molar refractivity (Wildman–Crippen MR) is 136 cm³/mol. The fourth-order valence-electron chi connectivity index (χ4n) is 4.04. The number of fused-ring (bicyclic) bond motifs is 1. The first-order chi connectivity index (χ1) is 17.0. The number of hydrogen-bond donors (Lipinski definition) is 0. The van der Waals surface area contributed by atoms with E-state index in [9.17, 15) is 9.59 Å². The zero-order valence-electron chi connectivity index (χ0n) is 20.0. The lowest BCUT2D eigenvalue weighted by Gasteiger charge is -2.26. The summed E-state index contributed by atoms with van der Waals surface area (Å²) in [6.45, 7) is 3.69. The summed E-state index contributed by atoms with van der Waals surface area (Å²) in [6.07, 6.45) is 5.53. The molecule has 0 saturated heterocycles. The number of ether oxygens (including phenoxy) is 3. The largest absolute Gasteiger partial charge is 0.493 e. The Kier molecular flexibility index (Phi) is 7.31. The average Bonchev–Trinajstić information content (AvgIpc) is 3.17. The van der Waals surface area contributed by atoms with Crippen LogP contribution >= 0.6 is 11.3 Å².